The molecule has 0 unspecified atom stereocenters. The summed E-state index contributed by atoms with van der Waals surface area (Å²) in [5, 5.41) is 14.3. The topological polar surface area (TPSA) is 110 Å². The Morgan fingerprint density at radius 2 is 1.64 bits per heavy atom. The lowest BCUT2D eigenvalue weighted by atomic mass is 10.1. The number of carbonyl (C=O) groups excluding carboxylic acids is 1. The Labute approximate surface area is 213 Å². The minimum atomic E-state index is -3.72. The zero-order valence-corrected chi connectivity index (χ0v) is 20.9. The van der Waals surface area contributed by atoms with Gasteiger partial charge in [-0.2, -0.15) is 9.04 Å². The summed E-state index contributed by atoms with van der Waals surface area (Å²) in [7, 11) is -3.72. The number of halogens is 1. The number of aromatic nitrogens is 3. The Morgan fingerprint density at radius 1 is 0.972 bits per heavy atom. The van der Waals surface area contributed by atoms with E-state index in [1.165, 1.54) is 22.9 Å². The van der Waals surface area contributed by atoms with Crippen LogP contribution >= 0.6 is 11.6 Å². The number of pyridine rings is 1. The van der Waals surface area contributed by atoms with E-state index in [2.05, 4.69) is 9.97 Å². The Kier molecular flexibility index (Phi) is 6.33. The number of aryl methyl sites for hydroxylation is 1. The van der Waals surface area contributed by atoms with Crippen LogP contribution in [0.25, 0.3) is 22.3 Å². The van der Waals surface area contributed by atoms with Gasteiger partial charge in [0.15, 0.2) is 6.20 Å². The number of sulfonamides is 1. The van der Waals surface area contributed by atoms with Crippen LogP contribution in [0.2, 0.25) is 5.02 Å². The highest BCUT2D eigenvalue weighted by atomic mass is 35.5. The molecular formula is C25H22ClN5O4S. The maximum atomic E-state index is 13.2. The number of nitrogens with zero attached hydrogens (tertiary/aromatic N) is 5. The minimum Gasteiger partial charge on any atom is -0.618 e. The summed E-state index contributed by atoms with van der Waals surface area (Å²) in [6.07, 6.45) is 4.16. The SMILES string of the molecule is Cc1cc[n+]([O-])c(-c2ncc(C(=O)N3CCN(S(=O)(=O)c4ccc5cc(Cl)ccc5c4)CC3)cn2)c1. The molecule has 1 aliphatic rings. The summed E-state index contributed by atoms with van der Waals surface area (Å²) < 4.78 is 28.5. The van der Waals surface area contributed by atoms with Crippen molar-refractivity contribution in [3.63, 3.8) is 0 Å². The molecule has 1 fully saturated rings. The van der Waals surface area contributed by atoms with E-state index >= 15 is 0 Å². The van der Waals surface area contributed by atoms with Crippen LogP contribution in [0.3, 0.4) is 0 Å². The number of fused-ring (bicyclic) bond motifs is 1. The molecule has 0 spiro atoms. The summed E-state index contributed by atoms with van der Waals surface area (Å²) in [6, 6.07) is 13.6. The standard InChI is InChI=1S/C25H22ClN5O4S/c1-17-6-7-31(33)23(12-17)24-27-15-20(16-28-24)25(32)29-8-10-30(11-9-29)36(34,35)22-5-3-18-13-21(26)4-2-19(18)14-22/h2-7,12-16H,8-11H2,1H3. The van der Waals surface area contributed by atoms with Gasteiger partial charge in [0.2, 0.25) is 15.8 Å². The zero-order valence-electron chi connectivity index (χ0n) is 19.3. The van der Waals surface area contributed by atoms with Gasteiger partial charge in [-0.3, -0.25) is 4.79 Å². The number of rotatable bonds is 4. The molecule has 184 valence electrons. The maximum absolute atomic E-state index is 13.2. The zero-order chi connectivity index (χ0) is 25.4. The second-order valence-electron chi connectivity index (χ2n) is 8.56. The van der Waals surface area contributed by atoms with E-state index in [4.69, 9.17) is 11.6 Å². The Bertz CT molecular complexity index is 1570. The summed E-state index contributed by atoms with van der Waals surface area (Å²) in [5.74, 6) is -0.0701. The van der Waals surface area contributed by atoms with Crippen LogP contribution in [-0.2, 0) is 10.0 Å². The van der Waals surface area contributed by atoms with Gasteiger partial charge in [-0.25, -0.2) is 18.4 Å². The van der Waals surface area contributed by atoms with Gasteiger partial charge in [-0.05, 0) is 47.5 Å². The largest absolute Gasteiger partial charge is 0.618 e. The number of piperazine rings is 1. The van der Waals surface area contributed by atoms with Crippen molar-refractivity contribution in [3.05, 3.63) is 88.5 Å². The van der Waals surface area contributed by atoms with Crippen molar-refractivity contribution < 1.29 is 17.9 Å². The molecule has 11 heteroatoms. The molecule has 4 aromatic rings. The van der Waals surface area contributed by atoms with Crippen LogP contribution in [0.5, 0.6) is 0 Å². The Morgan fingerprint density at radius 3 is 2.36 bits per heavy atom. The summed E-state index contributed by atoms with van der Waals surface area (Å²) >= 11 is 6.02. The fourth-order valence-electron chi connectivity index (χ4n) is 4.15. The van der Waals surface area contributed by atoms with E-state index in [1.807, 2.05) is 6.92 Å². The molecule has 0 bridgehead atoms. The third kappa shape index (κ3) is 4.62. The van der Waals surface area contributed by atoms with Crippen LogP contribution in [0.1, 0.15) is 15.9 Å². The van der Waals surface area contributed by atoms with Crippen molar-refractivity contribution in [1.29, 1.82) is 0 Å². The van der Waals surface area contributed by atoms with E-state index < -0.39 is 10.0 Å². The van der Waals surface area contributed by atoms with Crippen LogP contribution < -0.4 is 4.73 Å². The lowest BCUT2D eigenvalue weighted by Gasteiger charge is -2.34. The monoisotopic (exact) mass is 523 g/mol. The minimum absolute atomic E-state index is 0.172. The fraction of sp³-hybridized carbons (Fsp3) is 0.200. The van der Waals surface area contributed by atoms with Crippen molar-refractivity contribution in [2.75, 3.05) is 26.2 Å². The molecule has 0 saturated carbocycles. The number of hydrogen-bond acceptors (Lipinski definition) is 6. The van der Waals surface area contributed by atoms with E-state index in [1.54, 1.807) is 53.4 Å². The average molecular weight is 524 g/mol. The first-order chi connectivity index (χ1) is 17.2. The highest BCUT2D eigenvalue weighted by Gasteiger charge is 2.31. The highest BCUT2D eigenvalue weighted by Crippen LogP contribution is 2.25. The van der Waals surface area contributed by atoms with Crippen LogP contribution in [0, 0.1) is 12.1 Å². The average Bonchev–Trinajstić information content (AvgIpc) is 2.89. The third-order valence-corrected chi connectivity index (χ3v) is 8.27. The van der Waals surface area contributed by atoms with Crippen molar-refractivity contribution in [2.45, 2.75) is 11.8 Å². The van der Waals surface area contributed by atoms with Gasteiger partial charge in [0.1, 0.15) is 0 Å². The van der Waals surface area contributed by atoms with E-state index in [0.29, 0.717) is 15.4 Å². The number of amides is 1. The molecule has 2 aromatic heterocycles. The Balaban J connectivity index is 1.27. The molecule has 5 rings (SSSR count). The normalized spacial score (nSPS) is 14.8. The molecule has 1 aliphatic heterocycles. The first kappa shape index (κ1) is 24.1. The molecule has 1 saturated heterocycles. The third-order valence-electron chi connectivity index (χ3n) is 6.14. The smallest absolute Gasteiger partial charge is 0.261 e. The van der Waals surface area contributed by atoms with Crippen molar-refractivity contribution in [2.24, 2.45) is 0 Å². The first-order valence-corrected chi connectivity index (χ1v) is 13.1. The van der Waals surface area contributed by atoms with Gasteiger partial charge in [-0.15, -0.1) is 0 Å². The number of hydrogen-bond donors (Lipinski definition) is 0. The predicted octanol–water partition coefficient (Wildman–Crippen LogP) is 3.04. The number of benzene rings is 2. The molecule has 0 aliphatic carbocycles. The predicted molar refractivity (Wildman–Crippen MR) is 135 cm³/mol. The summed E-state index contributed by atoms with van der Waals surface area (Å²) in [5.41, 5.74) is 1.46. The van der Waals surface area contributed by atoms with Crippen LogP contribution in [0.15, 0.2) is 72.0 Å². The molecular weight excluding hydrogens is 502 g/mol. The fourth-order valence-corrected chi connectivity index (χ4v) is 5.78. The Hall–Kier alpha value is -3.60. The van der Waals surface area contributed by atoms with Gasteiger partial charge in [0.25, 0.3) is 11.6 Å². The van der Waals surface area contributed by atoms with Gasteiger partial charge in [0, 0.05) is 55.7 Å². The van der Waals surface area contributed by atoms with E-state index in [-0.39, 0.29) is 48.4 Å². The highest BCUT2D eigenvalue weighted by molar-refractivity contribution is 7.89. The summed E-state index contributed by atoms with van der Waals surface area (Å²) in [6.45, 7) is 2.68. The molecule has 36 heavy (non-hydrogen) atoms. The maximum Gasteiger partial charge on any atom is 0.261 e. The van der Waals surface area contributed by atoms with Crippen molar-refractivity contribution >= 4 is 38.3 Å². The summed E-state index contributed by atoms with van der Waals surface area (Å²) in [4.78, 5) is 23.1. The van der Waals surface area contributed by atoms with Gasteiger partial charge >= 0.3 is 0 Å². The van der Waals surface area contributed by atoms with Gasteiger partial charge in [0.05, 0.1) is 10.5 Å². The van der Waals surface area contributed by atoms with E-state index in [0.717, 1.165) is 16.3 Å². The molecule has 0 N–H and O–H groups in total. The first-order valence-electron chi connectivity index (χ1n) is 11.2. The molecule has 0 atom stereocenters. The van der Waals surface area contributed by atoms with Crippen LogP contribution in [0.4, 0.5) is 0 Å². The van der Waals surface area contributed by atoms with Crippen molar-refractivity contribution in [3.8, 4) is 11.5 Å². The molecule has 9 nitrogen and oxygen atoms in total. The quantitative estimate of drug-likeness (QED) is 0.300. The lowest BCUT2D eigenvalue weighted by Crippen LogP contribution is -2.50. The second kappa shape index (κ2) is 9.45. The number of carbonyl (C=O) groups is 1. The van der Waals surface area contributed by atoms with Crippen LogP contribution in [-0.4, -0.2) is 59.7 Å². The molecule has 0 radical (unpaired) electrons. The second-order valence-corrected chi connectivity index (χ2v) is 10.9. The van der Waals surface area contributed by atoms with Gasteiger partial charge < -0.3 is 10.1 Å². The van der Waals surface area contributed by atoms with Crippen molar-refractivity contribution in [1.82, 2.24) is 19.2 Å². The lowest BCUT2D eigenvalue weighted by molar-refractivity contribution is -0.594. The molecule has 1 amide bonds. The van der Waals surface area contributed by atoms with Gasteiger partial charge in [-0.1, -0.05) is 23.7 Å². The molecule has 2 aromatic carbocycles. The molecule has 3 heterocycles. The van der Waals surface area contributed by atoms with E-state index in [9.17, 15) is 18.4 Å².